The number of hydrogen-bond donors (Lipinski definition) is 2. The number of hydrogen-bond acceptors (Lipinski definition) is 4. The zero-order chi connectivity index (χ0) is 16.9. The van der Waals surface area contributed by atoms with Crippen molar-refractivity contribution in [1.82, 2.24) is 10.6 Å². The van der Waals surface area contributed by atoms with Crippen molar-refractivity contribution in [3.63, 3.8) is 0 Å². The van der Waals surface area contributed by atoms with E-state index in [4.69, 9.17) is 9.26 Å². The highest BCUT2D eigenvalue weighted by molar-refractivity contribution is 5.90. The number of methoxy groups -OCH3 is 1. The molecule has 0 aliphatic carbocycles. The normalized spacial score (nSPS) is 10.4. The fourth-order valence-electron chi connectivity index (χ4n) is 2.24. The summed E-state index contributed by atoms with van der Waals surface area (Å²) in [6.07, 6.45) is 0. The molecule has 3 rings (SSSR count). The first-order valence-electron chi connectivity index (χ1n) is 7.29. The monoisotopic (exact) mass is 326 g/mol. The molecule has 0 atom stereocenters. The van der Waals surface area contributed by atoms with Gasteiger partial charge in [-0.3, -0.25) is 9.32 Å². The molecule has 1 amide bonds. The van der Waals surface area contributed by atoms with E-state index in [-0.39, 0.29) is 5.69 Å². The smallest absolute Gasteiger partial charge is 0.441 e. The lowest BCUT2D eigenvalue weighted by molar-refractivity contribution is -0.672. The first-order valence-corrected chi connectivity index (χ1v) is 7.29. The van der Waals surface area contributed by atoms with E-state index in [1.165, 1.54) is 4.68 Å². The van der Waals surface area contributed by atoms with Crippen molar-refractivity contribution < 1.29 is 18.7 Å². The van der Waals surface area contributed by atoms with Gasteiger partial charge in [-0.2, -0.15) is 0 Å². The van der Waals surface area contributed by atoms with Gasteiger partial charge in [-0.1, -0.05) is 30.3 Å². The van der Waals surface area contributed by atoms with Crippen molar-refractivity contribution in [3.8, 4) is 11.4 Å². The molecule has 0 fully saturated rings. The molecular weight excluding hydrogens is 310 g/mol. The molecule has 1 heterocycles. The van der Waals surface area contributed by atoms with Crippen molar-refractivity contribution in [1.29, 1.82) is 0 Å². The topological polar surface area (TPSA) is 88.2 Å². The first-order chi connectivity index (χ1) is 11.7. The van der Waals surface area contributed by atoms with Crippen LogP contribution in [0.4, 0.5) is 0 Å². The molecular formula is C17H16N3O4+. The van der Waals surface area contributed by atoms with Gasteiger partial charge in [0, 0.05) is 18.7 Å². The summed E-state index contributed by atoms with van der Waals surface area (Å²) in [7, 11) is 1.56. The fourth-order valence-corrected chi connectivity index (χ4v) is 2.24. The van der Waals surface area contributed by atoms with Gasteiger partial charge >= 0.3 is 17.2 Å². The van der Waals surface area contributed by atoms with E-state index < -0.39 is 11.5 Å². The van der Waals surface area contributed by atoms with Crippen LogP contribution in [0.5, 0.6) is 5.75 Å². The number of nitrogens with one attached hydrogen (secondary N) is 2. The van der Waals surface area contributed by atoms with Crippen molar-refractivity contribution in [3.05, 3.63) is 76.3 Å². The minimum Gasteiger partial charge on any atom is -0.497 e. The number of carbonyl (C=O) groups excluding carboxylic acids is 1. The molecule has 3 aromatic rings. The minimum atomic E-state index is -0.739. The molecule has 0 aliphatic rings. The van der Waals surface area contributed by atoms with Gasteiger partial charge < -0.3 is 10.1 Å². The Hall–Kier alpha value is -3.35. The lowest BCUT2D eigenvalue weighted by Gasteiger charge is -2.02. The van der Waals surface area contributed by atoms with E-state index in [9.17, 15) is 9.59 Å². The summed E-state index contributed by atoms with van der Waals surface area (Å²) in [6.45, 7) is 0.312. The maximum Gasteiger partial charge on any atom is 0.441 e. The Labute approximate surface area is 137 Å². The lowest BCUT2D eigenvalue weighted by Crippen LogP contribution is -2.44. The maximum absolute atomic E-state index is 12.4. The van der Waals surface area contributed by atoms with Gasteiger partial charge in [0.1, 0.15) is 5.75 Å². The zero-order valence-corrected chi connectivity index (χ0v) is 13.0. The van der Waals surface area contributed by atoms with Gasteiger partial charge in [-0.15, -0.1) is 0 Å². The molecule has 2 aromatic carbocycles. The van der Waals surface area contributed by atoms with Crippen LogP contribution in [0.1, 0.15) is 16.1 Å². The van der Waals surface area contributed by atoms with Crippen LogP contribution in [0.25, 0.3) is 5.69 Å². The second-order valence-electron chi connectivity index (χ2n) is 5.03. The molecule has 0 bridgehead atoms. The fraction of sp³-hybridized carbons (Fsp3) is 0.118. The predicted molar refractivity (Wildman–Crippen MR) is 85.0 cm³/mol. The summed E-state index contributed by atoms with van der Waals surface area (Å²) in [4.78, 5) is 24.3. The number of ether oxygens (including phenoxy) is 1. The number of nitrogens with zero attached hydrogens (tertiary/aromatic N) is 1. The molecule has 0 radical (unpaired) electrons. The molecule has 0 aliphatic heterocycles. The van der Waals surface area contributed by atoms with Crippen molar-refractivity contribution in [2.45, 2.75) is 6.54 Å². The third kappa shape index (κ3) is 3.19. The molecule has 1 aromatic heterocycles. The average Bonchev–Trinajstić information content (AvgIpc) is 3.02. The Bertz CT molecular complexity index is 882. The summed E-state index contributed by atoms with van der Waals surface area (Å²) < 4.78 is 11.2. The number of amides is 1. The van der Waals surface area contributed by atoms with Gasteiger partial charge in [0.25, 0.3) is 0 Å². The molecule has 7 nitrogen and oxygen atoms in total. The predicted octanol–water partition coefficient (Wildman–Crippen LogP) is 1.18. The van der Waals surface area contributed by atoms with Crippen LogP contribution in [0, 0.1) is 0 Å². The van der Waals surface area contributed by atoms with Crippen molar-refractivity contribution >= 4 is 5.91 Å². The van der Waals surface area contributed by atoms with Crippen LogP contribution in [0.15, 0.2) is 63.9 Å². The Kier molecular flexibility index (Phi) is 4.42. The first kappa shape index (κ1) is 15.5. The van der Waals surface area contributed by atoms with Gasteiger partial charge in [0.2, 0.25) is 5.69 Å². The molecule has 7 heteroatoms. The largest absolute Gasteiger partial charge is 0.497 e. The van der Waals surface area contributed by atoms with E-state index in [1.807, 2.05) is 30.3 Å². The number of aromatic amines is 1. The molecule has 0 saturated carbocycles. The third-order valence-corrected chi connectivity index (χ3v) is 3.49. The highest BCUT2D eigenvalue weighted by Crippen LogP contribution is 2.11. The van der Waals surface area contributed by atoms with Gasteiger partial charge in [0.05, 0.1) is 7.11 Å². The summed E-state index contributed by atoms with van der Waals surface area (Å²) >= 11 is 0. The van der Waals surface area contributed by atoms with Crippen LogP contribution < -0.4 is 20.4 Å². The van der Waals surface area contributed by atoms with Crippen LogP contribution in [0.3, 0.4) is 0 Å². The Morgan fingerprint density at radius 3 is 2.54 bits per heavy atom. The van der Waals surface area contributed by atoms with E-state index in [0.717, 1.165) is 5.56 Å². The summed E-state index contributed by atoms with van der Waals surface area (Å²) in [5.41, 5.74) is 0.640. The maximum atomic E-state index is 12.4. The van der Waals surface area contributed by atoms with Crippen LogP contribution >= 0.6 is 0 Å². The molecule has 0 unspecified atom stereocenters. The number of rotatable bonds is 5. The van der Waals surface area contributed by atoms with Crippen LogP contribution in [-0.2, 0) is 6.54 Å². The second kappa shape index (κ2) is 6.82. The van der Waals surface area contributed by atoms with Crippen LogP contribution in [0.2, 0.25) is 0 Å². The molecule has 122 valence electrons. The Morgan fingerprint density at radius 2 is 1.88 bits per heavy atom. The minimum absolute atomic E-state index is 0.129. The van der Waals surface area contributed by atoms with E-state index in [2.05, 4.69) is 10.6 Å². The summed E-state index contributed by atoms with van der Waals surface area (Å²) in [5, 5.41) is 5.14. The SMILES string of the molecule is COc1ccc(-[n+]2[nH]oc(=O)c2C(=O)NCc2ccccc2)cc1. The Morgan fingerprint density at radius 1 is 1.17 bits per heavy atom. The van der Waals surface area contributed by atoms with Gasteiger partial charge in [-0.25, -0.2) is 4.79 Å². The summed E-state index contributed by atoms with van der Waals surface area (Å²) in [5.74, 6) is 0.143. The van der Waals surface area contributed by atoms with Crippen LogP contribution in [-0.4, -0.2) is 18.3 Å². The average molecular weight is 326 g/mol. The van der Waals surface area contributed by atoms with Crippen molar-refractivity contribution in [2.75, 3.05) is 7.11 Å². The van der Waals surface area contributed by atoms with Gasteiger partial charge in [0.15, 0.2) is 0 Å². The van der Waals surface area contributed by atoms with E-state index >= 15 is 0 Å². The van der Waals surface area contributed by atoms with E-state index in [1.54, 1.807) is 31.4 Å². The molecule has 24 heavy (non-hydrogen) atoms. The molecule has 2 N–H and O–H groups in total. The standard InChI is InChI=1S/C17H15N3O4/c1-23-14-9-7-13(8-10-14)20-15(17(22)24-19-20)16(21)18-11-12-5-3-2-4-6-12/h2-10H,11H2,1H3,(H-,18,19,21,22)/p+1. The zero-order valence-electron chi connectivity index (χ0n) is 13.0. The highest BCUT2D eigenvalue weighted by Gasteiger charge is 2.30. The lowest BCUT2D eigenvalue weighted by atomic mass is 10.2. The Balaban J connectivity index is 1.83. The summed E-state index contributed by atoms with van der Waals surface area (Å²) in [6, 6.07) is 16.3. The third-order valence-electron chi connectivity index (χ3n) is 3.49. The molecule has 0 saturated heterocycles. The number of carbonyl (C=O) groups is 1. The number of H-pyrrole nitrogens is 1. The molecule has 0 spiro atoms. The van der Waals surface area contributed by atoms with E-state index in [0.29, 0.717) is 18.0 Å². The van der Waals surface area contributed by atoms with Crippen molar-refractivity contribution in [2.24, 2.45) is 0 Å². The number of benzene rings is 2. The second-order valence-corrected chi connectivity index (χ2v) is 5.03. The quantitative estimate of drug-likeness (QED) is 0.689. The number of aromatic nitrogens is 2. The van der Waals surface area contributed by atoms with Gasteiger partial charge in [-0.05, 0) is 27.6 Å². The highest BCUT2D eigenvalue weighted by atomic mass is 16.5.